The maximum absolute atomic E-state index is 7.06. The van der Waals surface area contributed by atoms with Crippen LogP contribution in [0.15, 0.2) is 36.8 Å². The molecular weight excluding hydrogens is 376 g/mol. The number of rotatable bonds is 7. The van der Waals surface area contributed by atoms with Crippen LogP contribution in [0.1, 0.15) is 39.3 Å². The monoisotopic (exact) mass is 406 g/mol. The molecule has 0 saturated carbocycles. The van der Waals surface area contributed by atoms with Crippen LogP contribution in [-0.4, -0.2) is 29.2 Å². The lowest BCUT2D eigenvalue weighted by atomic mass is 9.83. The predicted molar refractivity (Wildman–Crippen MR) is 118 cm³/mol. The molecule has 158 valence electrons. The second-order valence-corrected chi connectivity index (χ2v) is 7.82. The lowest BCUT2D eigenvalue weighted by Gasteiger charge is -2.30. The van der Waals surface area contributed by atoms with Crippen molar-refractivity contribution in [1.82, 2.24) is 15.0 Å². The second kappa shape index (κ2) is 8.79. The quantitative estimate of drug-likeness (QED) is 0.643. The standard InChI is InChI=1S/C24H30N4O2/c1-15-13-27-19(17(3)22(15)29-5)11-24(25,21-9-7-8-10-26-21)12-20-18(4)23(30-6)16(2)14-28-20/h7-10,13-14H,11-12,25H2,1-6H3. The van der Waals surface area contributed by atoms with Crippen molar-refractivity contribution in [2.24, 2.45) is 5.73 Å². The fourth-order valence-electron chi connectivity index (χ4n) is 4.00. The van der Waals surface area contributed by atoms with Gasteiger partial charge in [-0.15, -0.1) is 0 Å². The van der Waals surface area contributed by atoms with Gasteiger partial charge in [-0.1, -0.05) is 6.07 Å². The number of hydrogen-bond acceptors (Lipinski definition) is 6. The Balaban J connectivity index is 2.08. The van der Waals surface area contributed by atoms with Crippen LogP contribution in [0.25, 0.3) is 0 Å². The largest absolute Gasteiger partial charge is 0.496 e. The van der Waals surface area contributed by atoms with Crippen molar-refractivity contribution in [3.05, 3.63) is 76.1 Å². The highest BCUT2D eigenvalue weighted by atomic mass is 16.5. The smallest absolute Gasteiger partial charge is 0.128 e. The van der Waals surface area contributed by atoms with Gasteiger partial charge in [0.05, 0.1) is 25.5 Å². The zero-order valence-corrected chi connectivity index (χ0v) is 18.6. The van der Waals surface area contributed by atoms with E-state index in [4.69, 9.17) is 15.2 Å². The zero-order valence-electron chi connectivity index (χ0n) is 18.6. The van der Waals surface area contributed by atoms with E-state index in [-0.39, 0.29) is 0 Å². The van der Waals surface area contributed by atoms with Crippen LogP contribution in [0, 0.1) is 27.7 Å². The Kier molecular flexibility index (Phi) is 6.37. The number of nitrogens with two attached hydrogens (primary N) is 1. The van der Waals surface area contributed by atoms with Crippen molar-refractivity contribution < 1.29 is 9.47 Å². The molecule has 0 aliphatic heterocycles. The van der Waals surface area contributed by atoms with Crippen molar-refractivity contribution >= 4 is 0 Å². The molecule has 0 unspecified atom stereocenters. The van der Waals surface area contributed by atoms with Crippen molar-refractivity contribution in [3.8, 4) is 11.5 Å². The molecule has 3 aromatic heterocycles. The molecule has 2 N–H and O–H groups in total. The Bertz CT molecular complexity index is 974. The van der Waals surface area contributed by atoms with Crippen LogP contribution >= 0.6 is 0 Å². The van der Waals surface area contributed by atoms with E-state index in [1.54, 1.807) is 20.4 Å². The van der Waals surface area contributed by atoms with Crippen LogP contribution < -0.4 is 15.2 Å². The Morgan fingerprint density at radius 2 is 1.30 bits per heavy atom. The van der Waals surface area contributed by atoms with E-state index in [9.17, 15) is 0 Å². The molecule has 0 aliphatic rings. The van der Waals surface area contributed by atoms with Gasteiger partial charge in [0, 0.05) is 65.1 Å². The average Bonchev–Trinajstić information content (AvgIpc) is 2.74. The van der Waals surface area contributed by atoms with Crippen molar-refractivity contribution in [2.75, 3.05) is 14.2 Å². The summed E-state index contributed by atoms with van der Waals surface area (Å²) in [5.41, 5.74) is 12.8. The van der Waals surface area contributed by atoms with Gasteiger partial charge in [-0.25, -0.2) is 0 Å². The molecule has 0 atom stereocenters. The van der Waals surface area contributed by atoms with Crippen LogP contribution in [0.5, 0.6) is 11.5 Å². The number of nitrogens with zero attached hydrogens (tertiary/aromatic N) is 3. The number of aryl methyl sites for hydroxylation is 2. The van der Waals surface area contributed by atoms with Crippen LogP contribution in [0.4, 0.5) is 0 Å². The number of pyridine rings is 3. The van der Waals surface area contributed by atoms with E-state index in [0.29, 0.717) is 12.8 Å². The van der Waals surface area contributed by atoms with Gasteiger partial charge in [0.1, 0.15) is 11.5 Å². The molecule has 3 aromatic rings. The minimum Gasteiger partial charge on any atom is -0.496 e. The summed E-state index contributed by atoms with van der Waals surface area (Å²) in [5.74, 6) is 1.68. The summed E-state index contributed by atoms with van der Waals surface area (Å²) in [6.45, 7) is 8.02. The van der Waals surface area contributed by atoms with Gasteiger partial charge in [-0.3, -0.25) is 15.0 Å². The highest BCUT2D eigenvalue weighted by Crippen LogP contribution is 2.33. The van der Waals surface area contributed by atoms with Crippen LogP contribution in [-0.2, 0) is 18.4 Å². The molecule has 30 heavy (non-hydrogen) atoms. The van der Waals surface area contributed by atoms with E-state index < -0.39 is 5.54 Å². The third-order valence-corrected chi connectivity index (χ3v) is 5.64. The first-order valence-corrected chi connectivity index (χ1v) is 9.99. The molecule has 0 amide bonds. The first kappa shape index (κ1) is 21.7. The maximum atomic E-state index is 7.06. The normalized spacial score (nSPS) is 11.4. The van der Waals surface area contributed by atoms with Crippen molar-refractivity contribution in [1.29, 1.82) is 0 Å². The predicted octanol–water partition coefficient (Wildman–Crippen LogP) is 3.76. The van der Waals surface area contributed by atoms with E-state index in [1.807, 2.05) is 58.3 Å². The molecule has 0 aromatic carbocycles. The Hall–Kier alpha value is -2.99. The molecule has 3 heterocycles. The lowest BCUT2D eigenvalue weighted by Crippen LogP contribution is -2.43. The molecule has 0 bridgehead atoms. The summed E-state index contributed by atoms with van der Waals surface area (Å²) in [6.07, 6.45) is 6.44. The van der Waals surface area contributed by atoms with E-state index in [0.717, 1.165) is 50.8 Å². The van der Waals surface area contributed by atoms with Crippen molar-refractivity contribution in [2.45, 2.75) is 46.1 Å². The molecule has 6 heteroatoms. The summed E-state index contributed by atoms with van der Waals surface area (Å²) >= 11 is 0. The third-order valence-electron chi connectivity index (χ3n) is 5.64. The highest BCUT2D eigenvalue weighted by molar-refractivity contribution is 5.44. The topological polar surface area (TPSA) is 83.2 Å². The molecule has 0 aliphatic carbocycles. The SMILES string of the molecule is COc1c(C)cnc(CC(N)(Cc2ncc(C)c(OC)c2C)c2ccccn2)c1C. The summed E-state index contributed by atoms with van der Waals surface area (Å²) in [6, 6.07) is 5.80. The molecule has 6 nitrogen and oxygen atoms in total. The van der Waals surface area contributed by atoms with E-state index in [1.165, 1.54) is 0 Å². The number of aromatic nitrogens is 3. The fraction of sp³-hybridized carbons (Fsp3) is 0.375. The van der Waals surface area contributed by atoms with Gasteiger partial charge in [0.2, 0.25) is 0 Å². The zero-order chi connectivity index (χ0) is 21.9. The summed E-state index contributed by atoms with van der Waals surface area (Å²) in [5, 5.41) is 0. The summed E-state index contributed by atoms with van der Waals surface area (Å²) in [7, 11) is 3.36. The second-order valence-electron chi connectivity index (χ2n) is 7.82. The lowest BCUT2D eigenvalue weighted by molar-refractivity contribution is 0.391. The van der Waals surface area contributed by atoms with Crippen LogP contribution in [0.3, 0.4) is 0 Å². The molecule has 0 radical (unpaired) electrons. The maximum Gasteiger partial charge on any atom is 0.128 e. The molecule has 0 fully saturated rings. The minimum absolute atomic E-state index is 0.504. The summed E-state index contributed by atoms with van der Waals surface area (Å²) < 4.78 is 11.2. The third kappa shape index (κ3) is 4.14. The number of methoxy groups -OCH3 is 2. The Morgan fingerprint density at radius 3 is 1.70 bits per heavy atom. The molecular formula is C24H30N4O2. The van der Waals surface area contributed by atoms with Gasteiger partial charge in [0.15, 0.2) is 0 Å². The highest BCUT2D eigenvalue weighted by Gasteiger charge is 2.33. The van der Waals surface area contributed by atoms with E-state index >= 15 is 0 Å². The number of ether oxygens (including phenoxy) is 2. The fourth-order valence-corrected chi connectivity index (χ4v) is 4.00. The number of hydrogen-bond donors (Lipinski definition) is 1. The first-order valence-electron chi connectivity index (χ1n) is 9.99. The van der Waals surface area contributed by atoms with Gasteiger partial charge >= 0.3 is 0 Å². The van der Waals surface area contributed by atoms with E-state index in [2.05, 4.69) is 15.0 Å². The average molecular weight is 407 g/mol. The van der Waals surface area contributed by atoms with Gasteiger partial charge in [0.25, 0.3) is 0 Å². The molecule has 3 rings (SSSR count). The van der Waals surface area contributed by atoms with Crippen LogP contribution in [0.2, 0.25) is 0 Å². The summed E-state index contributed by atoms with van der Waals surface area (Å²) in [4.78, 5) is 13.9. The van der Waals surface area contributed by atoms with Gasteiger partial charge < -0.3 is 15.2 Å². The Labute approximate surface area is 178 Å². The minimum atomic E-state index is -0.794. The first-order chi connectivity index (χ1) is 14.3. The molecule has 0 spiro atoms. The van der Waals surface area contributed by atoms with Crippen molar-refractivity contribution in [3.63, 3.8) is 0 Å². The molecule has 0 saturated heterocycles. The van der Waals surface area contributed by atoms with Gasteiger partial charge in [-0.2, -0.15) is 0 Å². The van der Waals surface area contributed by atoms with Gasteiger partial charge in [-0.05, 0) is 39.8 Å². The Morgan fingerprint density at radius 1 is 0.800 bits per heavy atom.